The van der Waals surface area contributed by atoms with Crippen LogP contribution in [0.15, 0.2) is 113 Å². The molecule has 1 N–H and O–H groups in total. The van der Waals surface area contributed by atoms with Crippen molar-refractivity contribution < 1.29 is 4.79 Å². The summed E-state index contributed by atoms with van der Waals surface area (Å²) in [5, 5.41) is 9.87. The topological polar surface area (TPSA) is 63.5 Å². The number of pyridine rings is 1. The van der Waals surface area contributed by atoms with Crippen molar-refractivity contribution in [1.29, 1.82) is 0 Å². The Labute approximate surface area is 200 Å². The molecule has 0 saturated heterocycles. The smallest absolute Gasteiger partial charge is 0.260 e. The van der Waals surface area contributed by atoms with Crippen molar-refractivity contribution in [2.24, 2.45) is 5.10 Å². The van der Waals surface area contributed by atoms with Crippen LogP contribution in [-0.2, 0) is 11.3 Å². The molecule has 6 aromatic rings. The van der Waals surface area contributed by atoms with Gasteiger partial charge in [-0.1, -0.05) is 72.8 Å². The number of hydrogen-bond donors (Lipinski definition) is 1. The fraction of sp³-hybridized carbons (Fsp3) is 0.0333. The highest BCUT2D eigenvalue weighted by atomic mass is 16.2. The molecule has 0 spiro atoms. The van der Waals surface area contributed by atoms with E-state index in [2.05, 4.69) is 40.9 Å². The van der Waals surface area contributed by atoms with E-state index in [-0.39, 0.29) is 17.9 Å². The van der Waals surface area contributed by atoms with E-state index in [9.17, 15) is 9.59 Å². The summed E-state index contributed by atoms with van der Waals surface area (Å²) in [7, 11) is 0. The number of carbonyl (C=O) groups excluding carboxylic acids is 1. The fourth-order valence-electron chi connectivity index (χ4n) is 4.78. The largest absolute Gasteiger partial charge is 0.331 e. The molecule has 0 atom stereocenters. The van der Waals surface area contributed by atoms with Crippen LogP contribution in [0.5, 0.6) is 0 Å². The second kappa shape index (κ2) is 8.54. The van der Waals surface area contributed by atoms with Crippen LogP contribution in [0.2, 0.25) is 0 Å². The zero-order valence-electron chi connectivity index (χ0n) is 18.8. The summed E-state index contributed by atoms with van der Waals surface area (Å²) in [6, 6.07) is 33.2. The van der Waals surface area contributed by atoms with Gasteiger partial charge in [-0.3, -0.25) is 9.59 Å². The summed E-state index contributed by atoms with van der Waals surface area (Å²) in [5.41, 5.74) is 5.04. The van der Waals surface area contributed by atoms with Crippen LogP contribution in [0.3, 0.4) is 0 Å². The summed E-state index contributed by atoms with van der Waals surface area (Å²) < 4.78 is 1.87. The van der Waals surface area contributed by atoms with E-state index in [0.29, 0.717) is 10.8 Å². The highest BCUT2D eigenvalue weighted by Gasteiger charge is 2.12. The molecular formula is C30H21N3O2. The van der Waals surface area contributed by atoms with Gasteiger partial charge >= 0.3 is 0 Å². The lowest BCUT2D eigenvalue weighted by Crippen LogP contribution is -2.25. The molecule has 1 heterocycles. The number of rotatable bonds is 4. The van der Waals surface area contributed by atoms with Gasteiger partial charge in [0.2, 0.25) is 0 Å². The molecule has 5 nitrogen and oxygen atoms in total. The Morgan fingerprint density at radius 2 is 1.20 bits per heavy atom. The quantitative estimate of drug-likeness (QED) is 0.213. The number of hydrazone groups is 1. The molecule has 0 bridgehead atoms. The normalized spacial score (nSPS) is 11.7. The van der Waals surface area contributed by atoms with Gasteiger partial charge in [0.15, 0.2) is 5.43 Å². The SMILES string of the molecule is O=C(Cn1c2ccccc2c(=O)c2ccccc21)NN=Cc1c2ccccc2cc2ccccc12. The van der Waals surface area contributed by atoms with Gasteiger partial charge in [-0.15, -0.1) is 0 Å². The van der Waals surface area contributed by atoms with Gasteiger partial charge in [0.1, 0.15) is 6.54 Å². The van der Waals surface area contributed by atoms with Gasteiger partial charge in [-0.2, -0.15) is 5.10 Å². The second-order valence-corrected chi connectivity index (χ2v) is 8.48. The maximum atomic E-state index is 13.0. The first-order valence-electron chi connectivity index (χ1n) is 11.4. The number of para-hydroxylation sites is 2. The van der Waals surface area contributed by atoms with Crippen LogP contribution in [0.4, 0.5) is 0 Å². The van der Waals surface area contributed by atoms with Gasteiger partial charge in [0, 0.05) is 16.3 Å². The number of aromatic nitrogens is 1. The predicted octanol–water partition coefficient (Wildman–Crippen LogP) is 5.61. The molecule has 0 aliphatic heterocycles. The van der Waals surface area contributed by atoms with Gasteiger partial charge < -0.3 is 4.57 Å². The lowest BCUT2D eigenvalue weighted by Gasteiger charge is -2.14. The molecule has 0 unspecified atom stereocenters. The van der Waals surface area contributed by atoms with Crippen molar-refractivity contribution in [2.75, 3.05) is 0 Å². The maximum Gasteiger partial charge on any atom is 0.260 e. The van der Waals surface area contributed by atoms with E-state index in [4.69, 9.17) is 0 Å². The molecule has 1 amide bonds. The molecule has 0 fully saturated rings. The predicted molar refractivity (Wildman–Crippen MR) is 143 cm³/mol. The molecule has 168 valence electrons. The highest BCUT2D eigenvalue weighted by Crippen LogP contribution is 2.27. The Morgan fingerprint density at radius 1 is 0.714 bits per heavy atom. The maximum absolute atomic E-state index is 13.0. The Kier molecular flexibility index (Phi) is 5.08. The van der Waals surface area contributed by atoms with E-state index in [1.807, 2.05) is 65.2 Å². The average molecular weight is 456 g/mol. The van der Waals surface area contributed by atoms with Gasteiger partial charge in [-0.25, -0.2) is 5.43 Å². The molecule has 5 heteroatoms. The van der Waals surface area contributed by atoms with Crippen molar-refractivity contribution in [3.63, 3.8) is 0 Å². The molecule has 0 saturated carbocycles. The highest BCUT2D eigenvalue weighted by molar-refractivity contribution is 6.13. The Balaban J connectivity index is 1.36. The van der Waals surface area contributed by atoms with E-state index >= 15 is 0 Å². The molecule has 0 radical (unpaired) electrons. The number of fused-ring (bicyclic) bond motifs is 4. The van der Waals surface area contributed by atoms with Gasteiger partial charge in [0.25, 0.3) is 5.91 Å². The first kappa shape index (κ1) is 20.8. The lowest BCUT2D eigenvalue weighted by atomic mass is 9.97. The molecule has 0 aliphatic carbocycles. The molecule has 5 aromatic carbocycles. The minimum absolute atomic E-state index is 0.0336. The number of benzene rings is 5. The minimum atomic E-state index is -0.273. The number of amides is 1. The van der Waals surface area contributed by atoms with E-state index in [0.717, 1.165) is 38.1 Å². The van der Waals surface area contributed by atoms with Crippen LogP contribution in [-0.4, -0.2) is 16.7 Å². The third-order valence-corrected chi connectivity index (χ3v) is 6.38. The standard InChI is InChI=1S/C30H21N3O2/c34-29(19-33-27-15-7-5-13-24(27)30(35)25-14-6-8-16-28(25)33)32-31-18-26-22-11-3-1-9-20(22)17-21-10-2-4-12-23(21)26/h1-18H,19H2,(H,32,34). The number of nitrogens with zero attached hydrogens (tertiary/aromatic N) is 2. The lowest BCUT2D eigenvalue weighted by molar-refractivity contribution is -0.121. The summed E-state index contributed by atoms with van der Waals surface area (Å²) in [6.07, 6.45) is 1.71. The van der Waals surface area contributed by atoms with Gasteiger partial charge in [0.05, 0.1) is 17.2 Å². The molecular weight excluding hydrogens is 434 g/mol. The Hall–Kier alpha value is -4.77. The first-order chi connectivity index (χ1) is 17.2. The van der Waals surface area contributed by atoms with Crippen molar-refractivity contribution in [3.8, 4) is 0 Å². The van der Waals surface area contributed by atoms with Crippen LogP contribution >= 0.6 is 0 Å². The third-order valence-electron chi connectivity index (χ3n) is 6.38. The van der Waals surface area contributed by atoms with Crippen LogP contribution in [0.25, 0.3) is 43.4 Å². The zero-order chi connectivity index (χ0) is 23.8. The minimum Gasteiger partial charge on any atom is -0.331 e. The van der Waals surface area contributed by atoms with Gasteiger partial charge in [-0.05, 0) is 51.9 Å². The van der Waals surface area contributed by atoms with Crippen molar-refractivity contribution in [3.05, 3.63) is 119 Å². The van der Waals surface area contributed by atoms with Crippen LogP contribution in [0.1, 0.15) is 5.56 Å². The number of nitrogens with one attached hydrogen (secondary N) is 1. The number of carbonyl (C=O) groups is 1. The summed E-state index contributed by atoms with van der Waals surface area (Å²) in [6.45, 7) is 0.0366. The third kappa shape index (κ3) is 3.63. The van der Waals surface area contributed by atoms with Crippen molar-refractivity contribution in [1.82, 2.24) is 9.99 Å². The van der Waals surface area contributed by atoms with E-state index in [1.54, 1.807) is 18.3 Å². The molecule has 1 aromatic heterocycles. The first-order valence-corrected chi connectivity index (χ1v) is 11.4. The van der Waals surface area contributed by atoms with Crippen molar-refractivity contribution >= 4 is 55.5 Å². The van der Waals surface area contributed by atoms with Crippen molar-refractivity contribution in [2.45, 2.75) is 6.54 Å². The second-order valence-electron chi connectivity index (χ2n) is 8.48. The van der Waals surface area contributed by atoms with E-state index in [1.165, 1.54) is 0 Å². The van der Waals surface area contributed by atoms with Crippen LogP contribution < -0.4 is 10.9 Å². The Bertz CT molecular complexity index is 1740. The fourth-order valence-corrected chi connectivity index (χ4v) is 4.78. The zero-order valence-corrected chi connectivity index (χ0v) is 18.8. The molecule has 6 rings (SSSR count). The van der Waals surface area contributed by atoms with E-state index < -0.39 is 0 Å². The Morgan fingerprint density at radius 3 is 1.77 bits per heavy atom. The monoisotopic (exact) mass is 455 g/mol. The number of hydrogen-bond acceptors (Lipinski definition) is 3. The molecule has 35 heavy (non-hydrogen) atoms. The summed E-state index contributed by atoms with van der Waals surface area (Å²) >= 11 is 0. The summed E-state index contributed by atoms with van der Waals surface area (Å²) in [4.78, 5) is 25.9. The summed E-state index contributed by atoms with van der Waals surface area (Å²) in [5.74, 6) is -0.273. The molecule has 0 aliphatic rings. The average Bonchev–Trinajstić information content (AvgIpc) is 2.90. The van der Waals surface area contributed by atoms with Crippen LogP contribution in [0, 0.1) is 0 Å².